The van der Waals surface area contributed by atoms with E-state index in [1.807, 2.05) is 0 Å². The van der Waals surface area contributed by atoms with Crippen LogP contribution in [0.15, 0.2) is 27.4 Å². The quantitative estimate of drug-likeness (QED) is 0.329. The van der Waals surface area contributed by atoms with Gasteiger partial charge >= 0.3 is 5.69 Å². The third-order valence-corrected chi connectivity index (χ3v) is 5.02. The molecule has 2 aromatic rings. The summed E-state index contributed by atoms with van der Waals surface area (Å²) in [7, 11) is 2.87. The lowest BCUT2D eigenvalue weighted by Crippen LogP contribution is -2.38. The Morgan fingerprint density at radius 3 is 2.94 bits per heavy atom. The Balaban J connectivity index is 1.37. The van der Waals surface area contributed by atoms with E-state index in [2.05, 4.69) is 15.3 Å². The molecule has 15 nitrogen and oxygen atoms in total. The summed E-state index contributed by atoms with van der Waals surface area (Å²) in [4.78, 5) is 48.8. The molecule has 3 unspecified atom stereocenters. The van der Waals surface area contributed by atoms with Crippen LogP contribution < -0.4 is 16.7 Å². The van der Waals surface area contributed by atoms with Crippen LogP contribution in [0.2, 0.25) is 0 Å². The SMILES string of the molecule is Cn1c(=O)c2c(ncn2CC(O)CONC2=C3OCC(O[N+](=O)[O-])C3OC2)n(C)c1=O. The number of aromatic nitrogens is 4. The van der Waals surface area contributed by atoms with Crippen molar-refractivity contribution in [2.75, 3.05) is 19.8 Å². The van der Waals surface area contributed by atoms with Crippen molar-refractivity contribution in [3.05, 3.63) is 48.7 Å². The highest BCUT2D eigenvalue weighted by molar-refractivity contribution is 5.69. The van der Waals surface area contributed by atoms with E-state index in [4.69, 9.17) is 14.3 Å². The standard InChI is InChI=1S/C16H20N6O9/c1-19-14-11(15(24)20(2)16(19)25)21(7-17-14)3-8(23)4-30-18-9-5-28-13-10(31-22(26)27)6-29-12(9)13/h7-8,10,13,18,23H,3-6H2,1-2H3. The Morgan fingerprint density at radius 2 is 2.19 bits per heavy atom. The fraction of sp³-hybridized carbons (Fsp3) is 0.562. The van der Waals surface area contributed by atoms with Gasteiger partial charge in [0.1, 0.15) is 25.0 Å². The number of aliphatic hydroxyl groups excluding tert-OH is 1. The lowest BCUT2D eigenvalue weighted by Gasteiger charge is -2.14. The van der Waals surface area contributed by atoms with Crippen LogP contribution in [0, 0.1) is 10.1 Å². The Bertz CT molecular complexity index is 1160. The van der Waals surface area contributed by atoms with Crippen molar-refractivity contribution in [1.82, 2.24) is 24.2 Å². The zero-order valence-corrected chi connectivity index (χ0v) is 16.6. The first-order chi connectivity index (χ1) is 14.8. The molecular formula is C16H20N6O9. The van der Waals surface area contributed by atoms with Crippen molar-refractivity contribution < 1.29 is 29.3 Å². The Kier molecular flexibility index (Phi) is 5.38. The molecule has 0 radical (unpaired) electrons. The van der Waals surface area contributed by atoms with Crippen molar-refractivity contribution in [2.45, 2.75) is 24.9 Å². The van der Waals surface area contributed by atoms with Crippen LogP contribution in [0.25, 0.3) is 11.2 Å². The van der Waals surface area contributed by atoms with Crippen LogP contribution >= 0.6 is 0 Å². The molecule has 2 aliphatic heterocycles. The molecule has 4 heterocycles. The fourth-order valence-corrected chi connectivity index (χ4v) is 3.51. The van der Waals surface area contributed by atoms with Crippen molar-refractivity contribution in [3.8, 4) is 0 Å². The van der Waals surface area contributed by atoms with Gasteiger partial charge in [-0.25, -0.2) is 9.78 Å². The van der Waals surface area contributed by atoms with Crippen LogP contribution in [0.5, 0.6) is 0 Å². The first kappa shape index (κ1) is 20.8. The minimum atomic E-state index is -1.02. The normalized spacial score (nSPS) is 21.3. The summed E-state index contributed by atoms with van der Waals surface area (Å²) >= 11 is 0. The highest BCUT2D eigenvalue weighted by atomic mass is 17.0. The van der Waals surface area contributed by atoms with E-state index in [-0.39, 0.29) is 37.5 Å². The van der Waals surface area contributed by atoms with Gasteiger partial charge in [-0.1, -0.05) is 0 Å². The van der Waals surface area contributed by atoms with Crippen LogP contribution in [0.4, 0.5) is 0 Å². The summed E-state index contributed by atoms with van der Waals surface area (Å²) < 4.78 is 14.5. The van der Waals surface area contributed by atoms with Gasteiger partial charge in [0.05, 0.1) is 25.6 Å². The number of rotatable bonds is 8. The molecule has 2 N–H and O–H groups in total. The molecule has 31 heavy (non-hydrogen) atoms. The average molecular weight is 440 g/mol. The molecule has 168 valence electrons. The summed E-state index contributed by atoms with van der Waals surface area (Å²) in [5.41, 5.74) is 2.43. The van der Waals surface area contributed by atoms with E-state index in [9.17, 15) is 24.8 Å². The number of aryl methyl sites for hydroxylation is 1. The molecule has 0 aliphatic carbocycles. The lowest BCUT2D eigenvalue weighted by atomic mass is 10.2. The van der Waals surface area contributed by atoms with E-state index < -0.39 is 34.6 Å². The molecule has 0 spiro atoms. The molecule has 2 aromatic heterocycles. The van der Waals surface area contributed by atoms with E-state index in [1.165, 1.54) is 29.6 Å². The van der Waals surface area contributed by atoms with Crippen molar-refractivity contribution in [2.24, 2.45) is 14.1 Å². The molecule has 4 rings (SSSR count). The molecule has 0 aromatic carbocycles. The maximum atomic E-state index is 12.4. The lowest BCUT2D eigenvalue weighted by molar-refractivity contribution is -0.769. The third kappa shape index (κ3) is 3.73. The number of imidazole rings is 1. The van der Waals surface area contributed by atoms with E-state index in [0.29, 0.717) is 11.5 Å². The smallest absolute Gasteiger partial charge is 0.332 e. The molecule has 0 saturated carbocycles. The molecule has 0 amide bonds. The number of nitrogens with zero attached hydrogens (tertiary/aromatic N) is 5. The minimum Gasteiger partial charge on any atom is -0.491 e. The topological polar surface area (TPSA) is 174 Å². The van der Waals surface area contributed by atoms with Gasteiger partial charge < -0.3 is 24.0 Å². The van der Waals surface area contributed by atoms with Gasteiger partial charge in [0, 0.05) is 14.1 Å². The molecule has 0 bridgehead atoms. The van der Waals surface area contributed by atoms with E-state index in [0.717, 1.165) is 4.57 Å². The first-order valence-corrected chi connectivity index (χ1v) is 9.23. The molecule has 1 saturated heterocycles. The second-order valence-electron chi connectivity index (χ2n) is 7.09. The largest absolute Gasteiger partial charge is 0.491 e. The van der Waals surface area contributed by atoms with Gasteiger partial charge in [0.25, 0.3) is 10.6 Å². The maximum absolute atomic E-state index is 12.4. The van der Waals surface area contributed by atoms with E-state index >= 15 is 0 Å². The Hall–Kier alpha value is -3.43. The van der Waals surface area contributed by atoms with Gasteiger partial charge in [-0.2, -0.15) is 0 Å². The van der Waals surface area contributed by atoms with Crippen molar-refractivity contribution in [3.63, 3.8) is 0 Å². The van der Waals surface area contributed by atoms with Crippen LogP contribution in [-0.2, 0) is 39.8 Å². The fourth-order valence-electron chi connectivity index (χ4n) is 3.51. The second kappa shape index (κ2) is 8.01. The predicted octanol–water partition coefficient (Wildman–Crippen LogP) is -2.47. The summed E-state index contributed by atoms with van der Waals surface area (Å²) in [6.45, 7) is -0.127. The van der Waals surface area contributed by atoms with Crippen molar-refractivity contribution in [1.29, 1.82) is 0 Å². The summed E-state index contributed by atoms with van der Waals surface area (Å²) in [6, 6.07) is 0. The maximum Gasteiger partial charge on any atom is 0.332 e. The van der Waals surface area contributed by atoms with Gasteiger partial charge in [-0.05, 0) is 0 Å². The molecule has 2 aliphatic rings. The predicted molar refractivity (Wildman–Crippen MR) is 99.9 cm³/mol. The Morgan fingerprint density at radius 1 is 1.42 bits per heavy atom. The highest BCUT2D eigenvalue weighted by Crippen LogP contribution is 2.31. The monoisotopic (exact) mass is 440 g/mol. The highest BCUT2D eigenvalue weighted by Gasteiger charge is 2.43. The average Bonchev–Trinajstić information content (AvgIpc) is 3.42. The Labute approximate surface area is 173 Å². The number of aliphatic hydroxyl groups is 1. The van der Waals surface area contributed by atoms with Gasteiger partial charge in [0.15, 0.2) is 23.0 Å². The number of hydroxylamine groups is 1. The minimum absolute atomic E-state index is 0.00803. The summed E-state index contributed by atoms with van der Waals surface area (Å²) in [6.07, 6.45) is -1.22. The molecule has 3 atom stereocenters. The van der Waals surface area contributed by atoms with Gasteiger partial charge in [-0.15, -0.1) is 10.1 Å². The number of hydrogen-bond donors (Lipinski definition) is 2. The zero-order chi connectivity index (χ0) is 22.3. The third-order valence-electron chi connectivity index (χ3n) is 5.02. The second-order valence-corrected chi connectivity index (χ2v) is 7.09. The summed E-state index contributed by atoms with van der Waals surface area (Å²) in [5, 5.41) is 19.9. The summed E-state index contributed by atoms with van der Waals surface area (Å²) in [5.74, 6) is 0.353. The number of fused-ring (bicyclic) bond motifs is 2. The van der Waals surface area contributed by atoms with Crippen LogP contribution in [-0.4, -0.2) is 67.0 Å². The van der Waals surface area contributed by atoms with Crippen molar-refractivity contribution >= 4 is 11.2 Å². The molecular weight excluding hydrogens is 420 g/mol. The van der Waals surface area contributed by atoms with Gasteiger partial charge in [-0.3, -0.25) is 24.2 Å². The molecule has 1 fully saturated rings. The number of nitrogens with one attached hydrogen (secondary N) is 1. The first-order valence-electron chi connectivity index (χ1n) is 9.23. The van der Waals surface area contributed by atoms with Crippen LogP contribution in [0.3, 0.4) is 0 Å². The number of hydrogen-bond acceptors (Lipinski definition) is 11. The number of ether oxygens (including phenoxy) is 2. The van der Waals surface area contributed by atoms with E-state index in [1.54, 1.807) is 0 Å². The van der Waals surface area contributed by atoms with Gasteiger partial charge in [0.2, 0.25) is 0 Å². The zero-order valence-electron chi connectivity index (χ0n) is 16.6. The van der Waals surface area contributed by atoms with Crippen LogP contribution in [0.1, 0.15) is 0 Å². The molecule has 15 heteroatoms.